The van der Waals surface area contributed by atoms with Gasteiger partial charge in [0.2, 0.25) is 0 Å². The molecular weight excluding hydrogens is 238 g/mol. The summed E-state index contributed by atoms with van der Waals surface area (Å²) in [6.07, 6.45) is 3.36. The first-order valence-electron chi connectivity index (χ1n) is 6.88. The number of benzene rings is 1. The molecule has 0 amide bonds. The molecule has 0 aromatic heterocycles. The summed E-state index contributed by atoms with van der Waals surface area (Å²) in [5.41, 5.74) is 1.59. The van der Waals surface area contributed by atoms with E-state index in [1.54, 1.807) is 14.2 Å². The summed E-state index contributed by atoms with van der Waals surface area (Å²) in [7, 11) is 5.39. The van der Waals surface area contributed by atoms with Gasteiger partial charge in [0.1, 0.15) is 11.5 Å². The second-order valence-corrected chi connectivity index (χ2v) is 5.70. The molecule has 0 unspecified atom stereocenters. The molecule has 0 spiro atoms. The van der Waals surface area contributed by atoms with Crippen LogP contribution in [0.5, 0.6) is 11.5 Å². The van der Waals surface area contributed by atoms with Gasteiger partial charge < -0.3 is 14.8 Å². The Morgan fingerprint density at radius 1 is 1.11 bits per heavy atom. The lowest BCUT2D eigenvalue weighted by molar-refractivity contribution is 0.303. The lowest BCUT2D eigenvalue weighted by Crippen LogP contribution is -2.20. The maximum absolute atomic E-state index is 5.44. The van der Waals surface area contributed by atoms with E-state index in [9.17, 15) is 0 Å². The Hall–Kier alpha value is -1.22. The van der Waals surface area contributed by atoms with Gasteiger partial charge in [-0.1, -0.05) is 19.9 Å². The lowest BCUT2D eigenvalue weighted by Gasteiger charge is -2.25. The third kappa shape index (κ3) is 5.11. The van der Waals surface area contributed by atoms with Gasteiger partial charge in [0, 0.05) is 6.07 Å². The minimum absolute atomic E-state index is 0.341. The Morgan fingerprint density at radius 2 is 1.84 bits per heavy atom. The Morgan fingerprint density at radius 3 is 2.42 bits per heavy atom. The third-order valence-corrected chi connectivity index (χ3v) is 3.62. The maximum atomic E-state index is 5.44. The summed E-state index contributed by atoms with van der Waals surface area (Å²) in [5.74, 6) is 1.76. The zero-order valence-electron chi connectivity index (χ0n) is 12.9. The Labute approximate surface area is 117 Å². The van der Waals surface area contributed by atoms with Crippen LogP contribution in [0.4, 0.5) is 0 Å². The van der Waals surface area contributed by atoms with Gasteiger partial charge in [-0.05, 0) is 49.9 Å². The summed E-state index contributed by atoms with van der Waals surface area (Å²) in [4.78, 5) is 0. The van der Waals surface area contributed by atoms with Crippen LogP contribution in [0.15, 0.2) is 18.2 Å². The van der Waals surface area contributed by atoms with Gasteiger partial charge in [0.15, 0.2) is 0 Å². The fourth-order valence-electron chi connectivity index (χ4n) is 2.12. The summed E-state index contributed by atoms with van der Waals surface area (Å²) in [6.45, 7) is 5.70. The maximum Gasteiger partial charge on any atom is 0.125 e. The smallest absolute Gasteiger partial charge is 0.125 e. The first-order chi connectivity index (χ1) is 9.02. The zero-order valence-corrected chi connectivity index (χ0v) is 12.9. The molecule has 0 bridgehead atoms. The van der Waals surface area contributed by atoms with Crippen LogP contribution in [0.3, 0.4) is 0 Å². The van der Waals surface area contributed by atoms with Crippen LogP contribution >= 0.6 is 0 Å². The third-order valence-electron chi connectivity index (χ3n) is 3.62. The molecule has 3 heteroatoms. The van der Waals surface area contributed by atoms with E-state index in [1.807, 2.05) is 19.2 Å². The van der Waals surface area contributed by atoms with E-state index in [0.29, 0.717) is 5.41 Å². The molecule has 1 N–H and O–H groups in total. The van der Waals surface area contributed by atoms with Crippen molar-refractivity contribution in [1.29, 1.82) is 0 Å². The number of rotatable bonds is 8. The molecule has 3 nitrogen and oxygen atoms in total. The lowest BCUT2D eigenvalue weighted by atomic mass is 9.83. The average Bonchev–Trinajstić information content (AvgIpc) is 2.42. The fraction of sp³-hybridized carbons (Fsp3) is 0.625. The highest BCUT2D eigenvalue weighted by Crippen LogP contribution is 2.31. The van der Waals surface area contributed by atoms with Crippen molar-refractivity contribution in [1.82, 2.24) is 5.32 Å². The van der Waals surface area contributed by atoms with Crippen molar-refractivity contribution in [3.05, 3.63) is 23.8 Å². The van der Waals surface area contributed by atoms with Crippen molar-refractivity contribution >= 4 is 0 Å². The number of ether oxygens (including phenoxy) is 2. The number of aryl methyl sites for hydroxylation is 1. The van der Waals surface area contributed by atoms with Crippen molar-refractivity contribution in [2.24, 2.45) is 5.41 Å². The molecule has 1 rings (SSSR count). The van der Waals surface area contributed by atoms with Crippen LogP contribution < -0.4 is 14.8 Å². The van der Waals surface area contributed by atoms with Crippen molar-refractivity contribution in [3.8, 4) is 11.5 Å². The number of hydrogen-bond acceptors (Lipinski definition) is 3. The largest absolute Gasteiger partial charge is 0.497 e. The average molecular weight is 265 g/mol. The highest BCUT2D eigenvalue weighted by molar-refractivity contribution is 5.40. The second kappa shape index (κ2) is 7.39. The van der Waals surface area contributed by atoms with Crippen molar-refractivity contribution in [2.75, 3.05) is 27.8 Å². The molecular formula is C16H27NO2. The van der Waals surface area contributed by atoms with Gasteiger partial charge in [0.25, 0.3) is 0 Å². The quantitative estimate of drug-likeness (QED) is 0.782. The van der Waals surface area contributed by atoms with Crippen LogP contribution in [0.1, 0.15) is 32.3 Å². The number of nitrogens with one attached hydrogen (secondary N) is 1. The van der Waals surface area contributed by atoms with Gasteiger partial charge in [-0.3, -0.25) is 0 Å². The van der Waals surface area contributed by atoms with Gasteiger partial charge in [-0.25, -0.2) is 0 Å². The van der Waals surface area contributed by atoms with Crippen LogP contribution in [-0.2, 0) is 6.42 Å². The molecule has 0 radical (unpaired) electrons. The van der Waals surface area contributed by atoms with Crippen LogP contribution in [0.25, 0.3) is 0 Å². The predicted molar refractivity (Wildman–Crippen MR) is 80.2 cm³/mol. The molecule has 0 saturated heterocycles. The van der Waals surface area contributed by atoms with Crippen molar-refractivity contribution in [2.45, 2.75) is 33.1 Å². The topological polar surface area (TPSA) is 30.5 Å². The van der Waals surface area contributed by atoms with Crippen LogP contribution in [-0.4, -0.2) is 27.8 Å². The van der Waals surface area contributed by atoms with Crippen molar-refractivity contribution in [3.63, 3.8) is 0 Å². The fourth-order valence-corrected chi connectivity index (χ4v) is 2.12. The minimum Gasteiger partial charge on any atom is -0.497 e. The Kier molecular flexibility index (Phi) is 6.16. The molecule has 0 aliphatic rings. The van der Waals surface area contributed by atoms with Gasteiger partial charge >= 0.3 is 0 Å². The van der Waals surface area contributed by atoms with E-state index < -0.39 is 0 Å². The molecule has 0 saturated carbocycles. The summed E-state index contributed by atoms with van der Waals surface area (Å²) < 4.78 is 10.7. The minimum atomic E-state index is 0.341. The summed E-state index contributed by atoms with van der Waals surface area (Å²) >= 11 is 0. The van der Waals surface area contributed by atoms with E-state index in [-0.39, 0.29) is 0 Å². The van der Waals surface area contributed by atoms with E-state index in [4.69, 9.17) is 9.47 Å². The van der Waals surface area contributed by atoms with Gasteiger partial charge in [-0.2, -0.15) is 0 Å². The molecule has 0 atom stereocenters. The molecule has 1 aromatic rings. The Balaban J connectivity index is 2.66. The second-order valence-electron chi connectivity index (χ2n) is 5.70. The summed E-state index contributed by atoms with van der Waals surface area (Å²) in [5, 5.41) is 3.22. The zero-order chi connectivity index (χ0) is 14.3. The van der Waals surface area contributed by atoms with E-state index >= 15 is 0 Å². The summed E-state index contributed by atoms with van der Waals surface area (Å²) in [6, 6.07) is 6.06. The highest BCUT2D eigenvalue weighted by Gasteiger charge is 2.18. The molecule has 0 fully saturated rings. The molecule has 1 aromatic carbocycles. The van der Waals surface area contributed by atoms with Crippen LogP contribution in [0.2, 0.25) is 0 Å². The van der Waals surface area contributed by atoms with E-state index in [1.165, 1.54) is 12.0 Å². The van der Waals surface area contributed by atoms with E-state index in [0.717, 1.165) is 30.9 Å². The molecule has 19 heavy (non-hydrogen) atoms. The first-order valence-corrected chi connectivity index (χ1v) is 6.88. The molecule has 0 aliphatic carbocycles. The van der Waals surface area contributed by atoms with Gasteiger partial charge in [0.05, 0.1) is 14.2 Å². The first kappa shape index (κ1) is 15.8. The SMILES string of the molecule is CNCCC(C)(C)CCc1ccc(OC)cc1OC. The normalized spacial score (nSPS) is 11.4. The van der Waals surface area contributed by atoms with Gasteiger partial charge in [-0.15, -0.1) is 0 Å². The molecule has 0 aliphatic heterocycles. The highest BCUT2D eigenvalue weighted by atomic mass is 16.5. The monoisotopic (exact) mass is 265 g/mol. The molecule has 0 heterocycles. The number of hydrogen-bond donors (Lipinski definition) is 1. The van der Waals surface area contributed by atoms with Crippen LogP contribution in [0, 0.1) is 5.41 Å². The van der Waals surface area contributed by atoms with E-state index in [2.05, 4.69) is 25.2 Å². The standard InChI is InChI=1S/C16H27NO2/c1-16(2,10-11-17-3)9-8-13-6-7-14(18-4)12-15(13)19-5/h6-7,12,17H,8-11H2,1-5H3. The Bertz CT molecular complexity index is 388. The molecule has 108 valence electrons. The van der Waals surface area contributed by atoms with Crippen molar-refractivity contribution < 1.29 is 9.47 Å². The predicted octanol–water partition coefficient (Wildman–Crippen LogP) is 3.27. The number of methoxy groups -OCH3 is 2.